The fourth-order valence-corrected chi connectivity index (χ4v) is 4.19. The monoisotopic (exact) mass is 458 g/mol. The SMILES string of the molecule is Cc1nccn1-c1ccc(CNC(=O)N2CCC(C(O)c3cc(F)ccc3F)CC2)cc1F. The number of rotatable bonds is 5. The number of amides is 2. The maximum absolute atomic E-state index is 14.5. The molecule has 3 aromatic rings. The summed E-state index contributed by atoms with van der Waals surface area (Å²) >= 11 is 0. The third-order valence-corrected chi connectivity index (χ3v) is 6.09. The van der Waals surface area contributed by atoms with Gasteiger partial charge in [-0.1, -0.05) is 6.07 Å². The van der Waals surface area contributed by atoms with E-state index in [0.29, 0.717) is 43.0 Å². The van der Waals surface area contributed by atoms with Gasteiger partial charge in [0.05, 0.1) is 11.8 Å². The quantitative estimate of drug-likeness (QED) is 0.601. The normalized spacial score (nSPS) is 15.5. The molecule has 6 nitrogen and oxygen atoms in total. The van der Waals surface area contributed by atoms with Crippen molar-refractivity contribution < 1.29 is 23.1 Å². The number of urea groups is 1. The van der Waals surface area contributed by atoms with E-state index in [9.17, 15) is 23.1 Å². The van der Waals surface area contributed by atoms with Crippen LogP contribution in [0.2, 0.25) is 0 Å². The zero-order valence-electron chi connectivity index (χ0n) is 18.1. The topological polar surface area (TPSA) is 70.4 Å². The molecule has 2 N–H and O–H groups in total. The van der Waals surface area contributed by atoms with Crippen LogP contribution in [0.3, 0.4) is 0 Å². The number of hydrogen-bond acceptors (Lipinski definition) is 3. The Bertz CT molecular complexity index is 1140. The summed E-state index contributed by atoms with van der Waals surface area (Å²) in [6.07, 6.45) is 3.06. The predicted molar refractivity (Wildman–Crippen MR) is 116 cm³/mol. The number of piperidine rings is 1. The third-order valence-electron chi connectivity index (χ3n) is 6.09. The van der Waals surface area contributed by atoms with Crippen molar-refractivity contribution in [3.8, 4) is 5.69 Å². The molecule has 1 atom stereocenters. The van der Waals surface area contributed by atoms with E-state index in [1.54, 1.807) is 40.9 Å². The van der Waals surface area contributed by atoms with Gasteiger partial charge in [0, 0.05) is 37.6 Å². The fourth-order valence-electron chi connectivity index (χ4n) is 4.19. The molecule has 0 aliphatic carbocycles. The van der Waals surface area contributed by atoms with Gasteiger partial charge < -0.3 is 19.9 Å². The molecule has 2 heterocycles. The number of hydrogen-bond donors (Lipinski definition) is 2. The minimum atomic E-state index is -1.13. The van der Waals surface area contributed by atoms with Gasteiger partial charge in [-0.05, 0) is 61.6 Å². The minimum Gasteiger partial charge on any atom is -0.388 e. The molecule has 1 unspecified atom stereocenters. The van der Waals surface area contributed by atoms with Crippen molar-refractivity contribution in [3.05, 3.63) is 83.2 Å². The van der Waals surface area contributed by atoms with Gasteiger partial charge in [-0.2, -0.15) is 0 Å². The lowest BCUT2D eigenvalue weighted by Gasteiger charge is -2.34. The van der Waals surface area contributed by atoms with Crippen molar-refractivity contribution in [2.75, 3.05) is 13.1 Å². The molecular formula is C24H25F3N4O2. The van der Waals surface area contributed by atoms with Gasteiger partial charge in [0.25, 0.3) is 0 Å². The molecule has 9 heteroatoms. The zero-order chi connectivity index (χ0) is 23.5. The Morgan fingerprint density at radius 3 is 2.58 bits per heavy atom. The summed E-state index contributed by atoms with van der Waals surface area (Å²) in [6.45, 7) is 2.69. The third kappa shape index (κ3) is 5.03. The summed E-state index contributed by atoms with van der Waals surface area (Å²) in [5, 5.41) is 13.3. The van der Waals surface area contributed by atoms with Crippen LogP contribution in [0.4, 0.5) is 18.0 Å². The van der Waals surface area contributed by atoms with E-state index in [2.05, 4.69) is 10.3 Å². The lowest BCUT2D eigenvalue weighted by Crippen LogP contribution is -2.45. The van der Waals surface area contributed by atoms with E-state index in [1.165, 1.54) is 6.07 Å². The standard InChI is InChI=1S/C24H25F3N4O2/c1-15-28-8-11-31(15)22-5-2-16(12-21(22)27)14-29-24(33)30-9-6-17(7-10-30)23(32)19-13-18(25)3-4-20(19)26/h2-5,8,11-13,17,23,32H,6-7,9-10,14H2,1H3,(H,29,33). The first kappa shape index (κ1) is 22.8. The fraction of sp³-hybridized carbons (Fsp3) is 0.333. The van der Waals surface area contributed by atoms with Crippen LogP contribution in [-0.2, 0) is 6.54 Å². The number of carbonyl (C=O) groups is 1. The van der Waals surface area contributed by atoms with E-state index in [4.69, 9.17) is 0 Å². The Hall–Kier alpha value is -3.33. The first-order valence-electron chi connectivity index (χ1n) is 10.8. The van der Waals surface area contributed by atoms with E-state index >= 15 is 0 Å². The molecule has 33 heavy (non-hydrogen) atoms. The molecule has 4 rings (SSSR count). The Morgan fingerprint density at radius 1 is 1.15 bits per heavy atom. The van der Waals surface area contributed by atoms with Crippen LogP contribution in [0.5, 0.6) is 0 Å². The first-order chi connectivity index (χ1) is 15.8. The van der Waals surface area contributed by atoms with Crippen molar-refractivity contribution in [2.24, 2.45) is 5.92 Å². The van der Waals surface area contributed by atoms with Gasteiger partial charge in [-0.25, -0.2) is 22.9 Å². The zero-order valence-corrected chi connectivity index (χ0v) is 18.1. The van der Waals surface area contributed by atoms with E-state index in [0.717, 1.165) is 18.2 Å². The lowest BCUT2D eigenvalue weighted by atomic mass is 9.87. The first-order valence-corrected chi connectivity index (χ1v) is 10.8. The van der Waals surface area contributed by atoms with Crippen molar-refractivity contribution in [3.63, 3.8) is 0 Å². The van der Waals surface area contributed by atoms with Gasteiger partial charge in [-0.3, -0.25) is 0 Å². The van der Waals surface area contributed by atoms with Crippen LogP contribution in [0.25, 0.3) is 5.69 Å². The number of nitrogens with one attached hydrogen (secondary N) is 1. The number of aryl methyl sites for hydroxylation is 1. The summed E-state index contributed by atoms with van der Waals surface area (Å²) in [7, 11) is 0. The number of likely N-dealkylation sites (tertiary alicyclic amines) is 1. The van der Waals surface area contributed by atoms with Crippen LogP contribution in [0.1, 0.15) is 35.9 Å². The molecule has 1 fully saturated rings. The van der Waals surface area contributed by atoms with Gasteiger partial charge in [0.1, 0.15) is 23.3 Å². The molecule has 0 saturated carbocycles. The van der Waals surface area contributed by atoms with Crippen LogP contribution in [0.15, 0.2) is 48.8 Å². The highest BCUT2D eigenvalue weighted by Crippen LogP contribution is 2.32. The second-order valence-corrected chi connectivity index (χ2v) is 8.22. The van der Waals surface area contributed by atoms with E-state index in [-0.39, 0.29) is 24.1 Å². The highest BCUT2D eigenvalue weighted by atomic mass is 19.1. The molecule has 0 radical (unpaired) electrons. The summed E-state index contributed by atoms with van der Waals surface area (Å²) in [5.74, 6) is -1.28. The molecule has 1 aliphatic heterocycles. The molecule has 2 aromatic carbocycles. The van der Waals surface area contributed by atoms with Crippen molar-refractivity contribution in [2.45, 2.75) is 32.4 Å². The number of halogens is 3. The second-order valence-electron chi connectivity index (χ2n) is 8.22. The molecule has 1 aromatic heterocycles. The molecule has 2 amide bonds. The van der Waals surface area contributed by atoms with Crippen LogP contribution in [0, 0.1) is 30.3 Å². The van der Waals surface area contributed by atoms with Crippen LogP contribution < -0.4 is 5.32 Å². The van der Waals surface area contributed by atoms with Crippen molar-refractivity contribution in [1.82, 2.24) is 19.8 Å². The van der Waals surface area contributed by atoms with Gasteiger partial charge in [-0.15, -0.1) is 0 Å². The summed E-state index contributed by atoms with van der Waals surface area (Å²) < 4.78 is 43.6. The van der Waals surface area contributed by atoms with Crippen molar-refractivity contribution in [1.29, 1.82) is 0 Å². The molecule has 174 valence electrons. The minimum absolute atomic E-state index is 0.0609. The largest absolute Gasteiger partial charge is 0.388 e. The predicted octanol–water partition coefficient (Wildman–Crippen LogP) is 4.25. The number of carbonyl (C=O) groups excluding carboxylic acids is 1. The van der Waals surface area contributed by atoms with E-state index < -0.39 is 23.6 Å². The lowest BCUT2D eigenvalue weighted by molar-refractivity contribution is 0.0637. The maximum Gasteiger partial charge on any atom is 0.317 e. The summed E-state index contributed by atoms with van der Waals surface area (Å²) in [6, 6.07) is 7.50. The van der Waals surface area contributed by atoms with Crippen LogP contribution in [-0.4, -0.2) is 38.7 Å². The number of aromatic nitrogens is 2. The number of imidazole rings is 1. The Labute approximate surface area is 189 Å². The number of aliphatic hydroxyl groups is 1. The Balaban J connectivity index is 1.30. The van der Waals surface area contributed by atoms with Gasteiger partial charge in [0.2, 0.25) is 0 Å². The Kier molecular flexibility index (Phi) is 6.69. The van der Waals surface area contributed by atoms with Crippen molar-refractivity contribution >= 4 is 6.03 Å². The van der Waals surface area contributed by atoms with E-state index in [1.807, 2.05) is 0 Å². The second kappa shape index (κ2) is 9.66. The summed E-state index contributed by atoms with van der Waals surface area (Å²) in [5.41, 5.74) is 0.943. The molecule has 1 aliphatic rings. The molecule has 1 saturated heterocycles. The molecule has 0 bridgehead atoms. The highest BCUT2D eigenvalue weighted by molar-refractivity contribution is 5.74. The number of benzene rings is 2. The average Bonchev–Trinajstić information content (AvgIpc) is 3.24. The molecular weight excluding hydrogens is 433 g/mol. The van der Waals surface area contributed by atoms with Crippen LogP contribution >= 0.6 is 0 Å². The highest BCUT2D eigenvalue weighted by Gasteiger charge is 2.29. The number of nitrogens with zero attached hydrogens (tertiary/aromatic N) is 3. The number of aliphatic hydroxyl groups excluding tert-OH is 1. The Morgan fingerprint density at radius 2 is 1.91 bits per heavy atom. The maximum atomic E-state index is 14.5. The van der Waals surface area contributed by atoms with Gasteiger partial charge >= 0.3 is 6.03 Å². The molecule has 0 spiro atoms. The smallest absolute Gasteiger partial charge is 0.317 e. The summed E-state index contributed by atoms with van der Waals surface area (Å²) in [4.78, 5) is 18.2. The van der Waals surface area contributed by atoms with Gasteiger partial charge in [0.15, 0.2) is 0 Å². The average molecular weight is 458 g/mol.